The van der Waals surface area contributed by atoms with Gasteiger partial charge in [-0.25, -0.2) is 9.69 Å². The van der Waals surface area contributed by atoms with Gasteiger partial charge in [0.1, 0.15) is 12.6 Å². The van der Waals surface area contributed by atoms with Crippen molar-refractivity contribution in [2.75, 3.05) is 19.7 Å². The molecule has 208 valence electrons. The van der Waals surface area contributed by atoms with Crippen molar-refractivity contribution in [3.05, 3.63) is 59.7 Å². The smallest absolute Gasteiger partial charge is 0.416 e. The quantitative estimate of drug-likeness (QED) is 0.263. The Labute approximate surface area is 225 Å². The Balaban J connectivity index is 1.77. The largest absolute Gasteiger partial charge is 0.481 e. The maximum atomic E-state index is 13.4. The minimum atomic E-state index is -1.22. The Hall–Kier alpha value is -4.25. The molecule has 5 N–H and O–H groups in total. The van der Waals surface area contributed by atoms with Crippen LogP contribution >= 0.6 is 0 Å². The molecule has 11 heteroatoms. The van der Waals surface area contributed by atoms with Crippen molar-refractivity contribution in [2.45, 2.75) is 50.5 Å². The van der Waals surface area contributed by atoms with Crippen molar-refractivity contribution < 1.29 is 38.9 Å². The SMILES string of the molecule is NCCCC[C@H](NC(=O)CCC(=O)O)C(=O)N(CCC(=O)O)C(=O)OCC1c2ccccc2-c2ccccc21. The Morgan fingerprint density at radius 2 is 1.46 bits per heavy atom. The first-order chi connectivity index (χ1) is 18.7. The molecule has 11 nitrogen and oxygen atoms in total. The minimum Gasteiger partial charge on any atom is -0.481 e. The highest BCUT2D eigenvalue weighted by Crippen LogP contribution is 2.44. The molecule has 2 aromatic carbocycles. The molecule has 1 aliphatic rings. The third-order valence-corrected chi connectivity index (χ3v) is 6.52. The van der Waals surface area contributed by atoms with Gasteiger partial charge in [-0.1, -0.05) is 48.5 Å². The van der Waals surface area contributed by atoms with E-state index in [1.54, 1.807) is 0 Å². The lowest BCUT2D eigenvalue weighted by Gasteiger charge is -2.26. The molecule has 0 saturated heterocycles. The second-order valence-electron chi connectivity index (χ2n) is 9.24. The summed E-state index contributed by atoms with van der Waals surface area (Å²) in [4.78, 5) is 61.7. The second-order valence-corrected chi connectivity index (χ2v) is 9.24. The molecule has 3 amide bonds. The van der Waals surface area contributed by atoms with E-state index in [-0.39, 0.29) is 25.4 Å². The van der Waals surface area contributed by atoms with Gasteiger partial charge in [0.25, 0.3) is 5.91 Å². The zero-order valence-electron chi connectivity index (χ0n) is 21.5. The van der Waals surface area contributed by atoms with Gasteiger partial charge < -0.3 is 26.0 Å². The predicted molar refractivity (Wildman–Crippen MR) is 141 cm³/mol. The Bertz CT molecular complexity index is 1170. The first kappa shape index (κ1) is 29.3. The second kappa shape index (κ2) is 14.1. The zero-order chi connectivity index (χ0) is 28.4. The van der Waals surface area contributed by atoms with E-state index in [1.165, 1.54) is 0 Å². The number of carbonyl (C=O) groups excluding carboxylic acids is 3. The van der Waals surface area contributed by atoms with Gasteiger partial charge in [0.05, 0.1) is 12.8 Å². The molecule has 0 heterocycles. The summed E-state index contributed by atoms with van der Waals surface area (Å²) in [5.74, 6) is -4.15. The number of carboxylic acids is 2. The van der Waals surface area contributed by atoms with Crippen LogP contribution in [0.1, 0.15) is 55.6 Å². The van der Waals surface area contributed by atoms with Gasteiger partial charge in [-0.3, -0.25) is 19.2 Å². The van der Waals surface area contributed by atoms with Crippen LogP contribution in [0.5, 0.6) is 0 Å². The number of hydrogen-bond donors (Lipinski definition) is 4. The number of amides is 3. The summed E-state index contributed by atoms with van der Waals surface area (Å²) in [5, 5.41) is 20.5. The third-order valence-electron chi connectivity index (χ3n) is 6.52. The van der Waals surface area contributed by atoms with Gasteiger partial charge in [0.15, 0.2) is 0 Å². The van der Waals surface area contributed by atoms with Crippen LogP contribution in [0.15, 0.2) is 48.5 Å². The molecule has 0 aromatic heterocycles. The number of benzene rings is 2. The van der Waals surface area contributed by atoms with Crippen molar-refractivity contribution in [3.63, 3.8) is 0 Å². The molecule has 0 radical (unpaired) electrons. The van der Waals surface area contributed by atoms with Gasteiger partial charge in [-0.15, -0.1) is 0 Å². The highest BCUT2D eigenvalue weighted by atomic mass is 16.6. The highest BCUT2D eigenvalue weighted by molar-refractivity contribution is 5.97. The molecule has 0 spiro atoms. The van der Waals surface area contributed by atoms with Gasteiger partial charge >= 0.3 is 18.0 Å². The van der Waals surface area contributed by atoms with Gasteiger partial charge in [-0.2, -0.15) is 0 Å². The van der Waals surface area contributed by atoms with E-state index >= 15 is 0 Å². The number of hydrogen-bond acceptors (Lipinski definition) is 7. The maximum Gasteiger partial charge on any atom is 0.416 e. The molecular weight excluding hydrogens is 506 g/mol. The summed E-state index contributed by atoms with van der Waals surface area (Å²) in [6, 6.07) is 14.3. The molecule has 0 saturated carbocycles. The summed E-state index contributed by atoms with van der Waals surface area (Å²) >= 11 is 0. The fourth-order valence-electron chi connectivity index (χ4n) is 4.60. The van der Waals surface area contributed by atoms with E-state index in [0.29, 0.717) is 24.3 Å². The Kier molecular flexibility index (Phi) is 10.6. The fourth-order valence-corrected chi connectivity index (χ4v) is 4.60. The van der Waals surface area contributed by atoms with E-state index < -0.39 is 55.3 Å². The first-order valence-electron chi connectivity index (χ1n) is 12.8. The van der Waals surface area contributed by atoms with Crippen LogP contribution in [-0.4, -0.2) is 70.7 Å². The number of ether oxygens (including phenoxy) is 1. The third kappa shape index (κ3) is 7.87. The Morgan fingerprint density at radius 1 is 0.872 bits per heavy atom. The molecule has 1 atom stereocenters. The van der Waals surface area contributed by atoms with Gasteiger partial charge in [-0.05, 0) is 48.1 Å². The number of fused-ring (bicyclic) bond motifs is 3. The molecule has 1 aliphatic carbocycles. The number of nitrogens with zero attached hydrogens (tertiary/aromatic N) is 1. The number of nitrogens with two attached hydrogens (primary N) is 1. The Morgan fingerprint density at radius 3 is 2.03 bits per heavy atom. The van der Waals surface area contributed by atoms with Crippen LogP contribution in [0.2, 0.25) is 0 Å². The lowest BCUT2D eigenvalue weighted by Crippen LogP contribution is -2.51. The van der Waals surface area contributed by atoms with Gasteiger partial charge in [0, 0.05) is 18.9 Å². The number of rotatable bonds is 14. The minimum absolute atomic E-state index is 0.0769. The van der Waals surface area contributed by atoms with Crippen LogP contribution in [0.3, 0.4) is 0 Å². The van der Waals surface area contributed by atoms with Crippen LogP contribution in [0.25, 0.3) is 11.1 Å². The molecule has 0 bridgehead atoms. The lowest BCUT2D eigenvalue weighted by molar-refractivity contribution is -0.139. The average molecular weight is 540 g/mol. The van der Waals surface area contributed by atoms with Crippen molar-refractivity contribution in [2.24, 2.45) is 5.73 Å². The summed E-state index contributed by atoms with van der Waals surface area (Å²) in [6.07, 6.45) is -1.18. The number of imide groups is 1. The molecule has 3 rings (SSSR count). The van der Waals surface area contributed by atoms with Crippen LogP contribution in [0, 0.1) is 0 Å². The normalized spacial score (nSPS) is 12.6. The number of carbonyl (C=O) groups is 5. The molecular formula is C28H33N3O8. The zero-order valence-corrected chi connectivity index (χ0v) is 21.5. The topological polar surface area (TPSA) is 176 Å². The van der Waals surface area contributed by atoms with Crippen molar-refractivity contribution >= 4 is 29.8 Å². The number of aliphatic carboxylic acids is 2. The fraction of sp³-hybridized carbons (Fsp3) is 0.393. The monoisotopic (exact) mass is 539 g/mol. The summed E-state index contributed by atoms with van der Waals surface area (Å²) in [7, 11) is 0. The van der Waals surface area contributed by atoms with Gasteiger partial charge in [0.2, 0.25) is 5.91 Å². The van der Waals surface area contributed by atoms with E-state index in [9.17, 15) is 29.1 Å². The number of carboxylic acid groups (broad SMARTS) is 2. The molecule has 0 unspecified atom stereocenters. The molecule has 39 heavy (non-hydrogen) atoms. The summed E-state index contributed by atoms with van der Waals surface area (Å²) in [5.41, 5.74) is 9.54. The average Bonchev–Trinajstić information content (AvgIpc) is 3.23. The first-order valence-corrected chi connectivity index (χ1v) is 12.8. The molecule has 2 aromatic rings. The molecule has 0 aliphatic heterocycles. The van der Waals surface area contributed by atoms with Crippen LogP contribution in [-0.2, 0) is 23.9 Å². The van der Waals surface area contributed by atoms with E-state index in [4.69, 9.17) is 15.6 Å². The van der Waals surface area contributed by atoms with Crippen molar-refractivity contribution in [1.82, 2.24) is 10.2 Å². The van der Waals surface area contributed by atoms with E-state index in [0.717, 1.165) is 22.3 Å². The number of unbranched alkanes of at least 4 members (excludes halogenated alkanes) is 1. The van der Waals surface area contributed by atoms with E-state index in [2.05, 4.69) is 5.32 Å². The van der Waals surface area contributed by atoms with E-state index in [1.807, 2.05) is 48.5 Å². The summed E-state index contributed by atoms with van der Waals surface area (Å²) < 4.78 is 5.58. The predicted octanol–water partition coefficient (Wildman–Crippen LogP) is 2.72. The summed E-state index contributed by atoms with van der Waals surface area (Å²) in [6.45, 7) is -0.182. The molecule has 0 fully saturated rings. The van der Waals surface area contributed by atoms with Crippen LogP contribution < -0.4 is 11.1 Å². The standard InChI is InChI=1S/C28H33N3O8/c29-15-6-5-11-23(30-24(32)12-13-25(33)34)27(37)31(16-14-26(35)36)28(38)39-17-22-20-9-3-1-7-18(20)19-8-2-4-10-21(19)22/h1-4,7-10,22-23H,5-6,11-17,29H2,(H,30,32)(H,33,34)(H,35,36)/t23-/m0/s1. The highest BCUT2D eigenvalue weighted by Gasteiger charge is 2.34. The van der Waals surface area contributed by atoms with Crippen molar-refractivity contribution in [3.8, 4) is 11.1 Å². The van der Waals surface area contributed by atoms with Crippen molar-refractivity contribution in [1.29, 1.82) is 0 Å². The lowest BCUT2D eigenvalue weighted by atomic mass is 9.98. The number of nitrogens with one attached hydrogen (secondary N) is 1. The maximum absolute atomic E-state index is 13.4. The van der Waals surface area contributed by atoms with Crippen LogP contribution in [0.4, 0.5) is 4.79 Å².